The van der Waals surface area contributed by atoms with Crippen LogP contribution in [-0.4, -0.2) is 47.3 Å². The molecule has 102 valence electrons. The Kier molecular flexibility index (Phi) is 3.53. The number of nitrogens with zero attached hydrogens (tertiary/aromatic N) is 3. The van der Waals surface area contributed by atoms with Gasteiger partial charge in [-0.2, -0.15) is 0 Å². The minimum absolute atomic E-state index is 0.863. The summed E-state index contributed by atoms with van der Waals surface area (Å²) in [6.45, 7) is 7.01. The summed E-state index contributed by atoms with van der Waals surface area (Å²) >= 11 is 0. The van der Waals surface area contributed by atoms with Crippen LogP contribution in [0, 0.1) is 6.92 Å². The Morgan fingerprint density at radius 1 is 1.26 bits per heavy atom. The molecule has 1 aromatic carbocycles. The van der Waals surface area contributed by atoms with E-state index in [1.807, 2.05) is 0 Å². The van der Waals surface area contributed by atoms with Crippen LogP contribution in [0.15, 0.2) is 18.2 Å². The molecule has 4 heteroatoms. The average molecular weight is 259 g/mol. The lowest BCUT2D eigenvalue weighted by molar-refractivity contribution is 0.0382. The number of hydrogen-bond donors (Lipinski definition) is 0. The van der Waals surface area contributed by atoms with Crippen LogP contribution < -0.4 is 0 Å². The van der Waals surface area contributed by atoms with Crippen molar-refractivity contribution in [1.82, 2.24) is 14.5 Å². The number of morpholine rings is 1. The maximum absolute atomic E-state index is 5.37. The van der Waals surface area contributed by atoms with Crippen LogP contribution in [0.4, 0.5) is 0 Å². The van der Waals surface area contributed by atoms with E-state index >= 15 is 0 Å². The summed E-state index contributed by atoms with van der Waals surface area (Å²) in [5.74, 6) is 1.17. The van der Waals surface area contributed by atoms with Crippen molar-refractivity contribution in [3.63, 3.8) is 0 Å². The first kappa shape index (κ1) is 12.6. The summed E-state index contributed by atoms with van der Waals surface area (Å²) in [6.07, 6.45) is 1.00. The second kappa shape index (κ2) is 5.31. The quantitative estimate of drug-likeness (QED) is 0.841. The predicted octanol–water partition coefficient (Wildman–Crippen LogP) is 1.76. The van der Waals surface area contributed by atoms with Gasteiger partial charge in [-0.1, -0.05) is 6.07 Å². The molecule has 0 bridgehead atoms. The van der Waals surface area contributed by atoms with Crippen molar-refractivity contribution in [3.05, 3.63) is 29.6 Å². The Labute approximate surface area is 114 Å². The molecule has 4 nitrogen and oxygen atoms in total. The summed E-state index contributed by atoms with van der Waals surface area (Å²) < 4.78 is 7.60. The summed E-state index contributed by atoms with van der Waals surface area (Å²) in [6, 6.07) is 6.45. The molecule has 0 N–H and O–H groups in total. The number of benzene rings is 1. The van der Waals surface area contributed by atoms with Gasteiger partial charge >= 0.3 is 0 Å². The number of ether oxygens (including phenoxy) is 1. The normalized spacial score (nSPS) is 17.2. The topological polar surface area (TPSA) is 30.3 Å². The smallest absolute Gasteiger partial charge is 0.110 e. The minimum atomic E-state index is 0.863. The van der Waals surface area contributed by atoms with Gasteiger partial charge in [-0.25, -0.2) is 4.98 Å². The Morgan fingerprint density at radius 3 is 2.84 bits per heavy atom. The van der Waals surface area contributed by atoms with Crippen LogP contribution in [0.25, 0.3) is 11.0 Å². The molecule has 0 radical (unpaired) electrons. The van der Waals surface area contributed by atoms with E-state index in [-0.39, 0.29) is 0 Å². The molecule has 2 aromatic rings. The van der Waals surface area contributed by atoms with E-state index in [1.54, 1.807) is 0 Å². The SMILES string of the molecule is Cc1ccc2nc(CCN3CCOCC3)n(C)c2c1. The lowest BCUT2D eigenvalue weighted by atomic mass is 10.2. The third-order valence-electron chi connectivity index (χ3n) is 3.88. The van der Waals surface area contributed by atoms with Gasteiger partial charge in [0.05, 0.1) is 24.2 Å². The fourth-order valence-corrected chi connectivity index (χ4v) is 2.66. The highest BCUT2D eigenvalue weighted by atomic mass is 16.5. The standard InChI is InChI=1S/C15H21N3O/c1-12-3-4-13-14(11-12)17(2)15(16-13)5-6-18-7-9-19-10-8-18/h3-4,11H,5-10H2,1-2H3. The van der Waals surface area contributed by atoms with Gasteiger partial charge in [0.2, 0.25) is 0 Å². The third-order valence-corrected chi connectivity index (χ3v) is 3.88. The van der Waals surface area contributed by atoms with Gasteiger partial charge in [0, 0.05) is 33.1 Å². The highest BCUT2D eigenvalue weighted by Crippen LogP contribution is 2.17. The fourth-order valence-electron chi connectivity index (χ4n) is 2.66. The third kappa shape index (κ3) is 2.65. The van der Waals surface area contributed by atoms with E-state index in [4.69, 9.17) is 9.72 Å². The van der Waals surface area contributed by atoms with Crippen LogP contribution in [0.2, 0.25) is 0 Å². The molecule has 0 atom stereocenters. The van der Waals surface area contributed by atoms with Gasteiger partial charge in [-0.15, -0.1) is 0 Å². The monoisotopic (exact) mass is 259 g/mol. The molecule has 0 spiro atoms. The maximum Gasteiger partial charge on any atom is 0.110 e. The van der Waals surface area contributed by atoms with Crippen molar-refractivity contribution in [3.8, 4) is 0 Å². The van der Waals surface area contributed by atoms with Crippen molar-refractivity contribution in [2.75, 3.05) is 32.8 Å². The van der Waals surface area contributed by atoms with Crippen LogP contribution in [0.5, 0.6) is 0 Å². The van der Waals surface area contributed by atoms with E-state index < -0.39 is 0 Å². The number of aromatic nitrogens is 2. The lowest BCUT2D eigenvalue weighted by Gasteiger charge is -2.26. The highest BCUT2D eigenvalue weighted by molar-refractivity contribution is 5.76. The molecule has 0 aliphatic carbocycles. The maximum atomic E-state index is 5.37. The Morgan fingerprint density at radius 2 is 2.05 bits per heavy atom. The molecule has 0 amide bonds. The first-order chi connectivity index (χ1) is 9.24. The van der Waals surface area contributed by atoms with E-state index in [1.165, 1.54) is 16.9 Å². The molecule has 19 heavy (non-hydrogen) atoms. The van der Waals surface area contributed by atoms with Gasteiger partial charge in [-0.3, -0.25) is 4.90 Å². The molecule has 3 rings (SSSR count). The minimum Gasteiger partial charge on any atom is -0.379 e. The van der Waals surface area contributed by atoms with Crippen molar-refractivity contribution in [2.45, 2.75) is 13.3 Å². The highest BCUT2D eigenvalue weighted by Gasteiger charge is 2.12. The molecular formula is C15H21N3O. The number of hydrogen-bond acceptors (Lipinski definition) is 3. The number of imidazole rings is 1. The summed E-state index contributed by atoms with van der Waals surface area (Å²) in [7, 11) is 2.11. The van der Waals surface area contributed by atoms with Crippen LogP contribution in [0.1, 0.15) is 11.4 Å². The first-order valence-electron chi connectivity index (χ1n) is 6.96. The van der Waals surface area contributed by atoms with Gasteiger partial charge in [0.15, 0.2) is 0 Å². The van der Waals surface area contributed by atoms with Crippen LogP contribution >= 0.6 is 0 Å². The van der Waals surface area contributed by atoms with Crippen LogP contribution in [0.3, 0.4) is 0 Å². The number of rotatable bonds is 3. The van der Waals surface area contributed by atoms with E-state index in [0.29, 0.717) is 0 Å². The number of aryl methyl sites for hydroxylation is 2. The zero-order chi connectivity index (χ0) is 13.2. The molecule has 1 aromatic heterocycles. The first-order valence-corrected chi connectivity index (χ1v) is 6.96. The Hall–Kier alpha value is -1.39. The predicted molar refractivity (Wildman–Crippen MR) is 76.4 cm³/mol. The van der Waals surface area contributed by atoms with E-state index in [2.05, 4.69) is 41.6 Å². The van der Waals surface area contributed by atoms with E-state index in [0.717, 1.165) is 44.8 Å². The van der Waals surface area contributed by atoms with Gasteiger partial charge in [0.1, 0.15) is 5.82 Å². The summed E-state index contributed by atoms with van der Waals surface area (Å²) in [4.78, 5) is 7.20. The molecule has 0 saturated carbocycles. The van der Waals surface area contributed by atoms with Crippen molar-refractivity contribution < 1.29 is 4.74 Å². The van der Waals surface area contributed by atoms with Gasteiger partial charge in [0.25, 0.3) is 0 Å². The van der Waals surface area contributed by atoms with E-state index in [9.17, 15) is 0 Å². The van der Waals surface area contributed by atoms with Crippen molar-refractivity contribution in [1.29, 1.82) is 0 Å². The Balaban J connectivity index is 1.75. The molecule has 2 heterocycles. The molecule has 1 fully saturated rings. The summed E-state index contributed by atoms with van der Waals surface area (Å²) in [5.41, 5.74) is 3.62. The van der Waals surface area contributed by atoms with Crippen molar-refractivity contribution >= 4 is 11.0 Å². The largest absolute Gasteiger partial charge is 0.379 e. The fraction of sp³-hybridized carbons (Fsp3) is 0.533. The van der Waals surface area contributed by atoms with Gasteiger partial charge < -0.3 is 9.30 Å². The molecule has 1 saturated heterocycles. The Bertz CT molecular complexity index is 570. The average Bonchev–Trinajstić information content (AvgIpc) is 2.74. The number of fused-ring (bicyclic) bond motifs is 1. The second-order valence-corrected chi connectivity index (χ2v) is 5.28. The lowest BCUT2D eigenvalue weighted by Crippen LogP contribution is -2.37. The van der Waals surface area contributed by atoms with Crippen LogP contribution in [-0.2, 0) is 18.2 Å². The molecular weight excluding hydrogens is 238 g/mol. The van der Waals surface area contributed by atoms with Gasteiger partial charge in [-0.05, 0) is 24.6 Å². The zero-order valence-electron chi connectivity index (χ0n) is 11.7. The molecule has 1 aliphatic heterocycles. The second-order valence-electron chi connectivity index (χ2n) is 5.28. The summed E-state index contributed by atoms with van der Waals surface area (Å²) in [5, 5.41) is 0. The molecule has 0 unspecified atom stereocenters. The van der Waals surface area contributed by atoms with Crippen molar-refractivity contribution in [2.24, 2.45) is 7.05 Å². The zero-order valence-corrected chi connectivity index (χ0v) is 11.7. The molecule has 1 aliphatic rings.